The van der Waals surface area contributed by atoms with Crippen molar-refractivity contribution in [1.29, 1.82) is 0 Å². The van der Waals surface area contributed by atoms with Crippen LogP contribution in [0.4, 0.5) is 5.69 Å². The van der Waals surface area contributed by atoms with Crippen LogP contribution in [0, 0.1) is 18.8 Å². The molecular weight excluding hydrogens is 300 g/mol. The highest BCUT2D eigenvalue weighted by atomic mass is 32.2. The van der Waals surface area contributed by atoms with Crippen LogP contribution in [0.5, 0.6) is 0 Å². The van der Waals surface area contributed by atoms with Crippen LogP contribution in [0.15, 0.2) is 35.2 Å². The molecule has 0 atom stereocenters. The smallest absolute Gasteiger partial charge is 0.265 e. The van der Waals surface area contributed by atoms with Crippen LogP contribution in [-0.4, -0.2) is 18.7 Å². The average molecular weight is 316 g/mol. The van der Waals surface area contributed by atoms with Crippen molar-refractivity contribution < 1.29 is 4.79 Å². The zero-order valence-electron chi connectivity index (χ0n) is 11.9. The Morgan fingerprint density at radius 2 is 2.10 bits per heavy atom. The molecule has 3 N–H and O–H groups in total. The third-order valence-electron chi connectivity index (χ3n) is 2.79. The van der Waals surface area contributed by atoms with E-state index in [9.17, 15) is 4.79 Å². The van der Waals surface area contributed by atoms with Gasteiger partial charge in [0.2, 0.25) is 0 Å². The molecule has 0 bridgehead atoms. The standard InChI is InChI=1S/C16H16N2OS2/c1-11-10-15(21-14(11)4-3-9-17)16(19)18-12-5-7-13(20-2)8-6-12/h5-8,10H,9,17H2,1-2H3,(H,18,19). The lowest BCUT2D eigenvalue weighted by atomic mass is 10.2. The number of nitrogens with one attached hydrogen (secondary N) is 1. The molecule has 1 aromatic carbocycles. The van der Waals surface area contributed by atoms with Crippen LogP contribution >= 0.6 is 23.1 Å². The topological polar surface area (TPSA) is 55.1 Å². The lowest BCUT2D eigenvalue weighted by Crippen LogP contribution is -2.09. The Kier molecular flexibility index (Phi) is 5.45. The Morgan fingerprint density at radius 1 is 1.38 bits per heavy atom. The van der Waals surface area contributed by atoms with Gasteiger partial charge < -0.3 is 11.1 Å². The fourth-order valence-electron chi connectivity index (χ4n) is 1.72. The summed E-state index contributed by atoms with van der Waals surface area (Å²) in [6, 6.07) is 9.63. The van der Waals surface area contributed by atoms with Crippen molar-refractivity contribution >= 4 is 34.7 Å². The number of aryl methyl sites for hydroxylation is 1. The molecule has 0 saturated carbocycles. The fraction of sp³-hybridized carbons (Fsp3) is 0.188. The van der Waals surface area contributed by atoms with E-state index < -0.39 is 0 Å². The summed E-state index contributed by atoms with van der Waals surface area (Å²) in [5.74, 6) is 5.69. The molecule has 0 unspecified atom stereocenters. The van der Waals surface area contributed by atoms with E-state index in [0.29, 0.717) is 11.4 Å². The summed E-state index contributed by atoms with van der Waals surface area (Å²) in [5, 5.41) is 2.90. The SMILES string of the molecule is CSc1ccc(NC(=O)c2cc(C)c(C#CCN)s2)cc1. The number of rotatable bonds is 3. The number of amides is 1. The van der Waals surface area contributed by atoms with Crippen LogP contribution in [-0.2, 0) is 0 Å². The van der Waals surface area contributed by atoms with E-state index in [2.05, 4.69) is 17.2 Å². The molecule has 1 aromatic heterocycles. The number of hydrogen-bond acceptors (Lipinski definition) is 4. The predicted octanol–water partition coefficient (Wildman–Crippen LogP) is 3.34. The molecule has 0 aliphatic carbocycles. The largest absolute Gasteiger partial charge is 0.321 e. The number of thioether (sulfide) groups is 1. The monoisotopic (exact) mass is 316 g/mol. The summed E-state index contributed by atoms with van der Waals surface area (Å²) < 4.78 is 0. The van der Waals surface area contributed by atoms with Crippen LogP contribution in [0.2, 0.25) is 0 Å². The summed E-state index contributed by atoms with van der Waals surface area (Å²) in [6.07, 6.45) is 2.02. The molecule has 3 nitrogen and oxygen atoms in total. The van der Waals surface area contributed by atoms with E-state index >= 15 is 0 Å². The minimum atomic E-state index is -0.110. The van der Waals surface area contributed by atoms with Gasteiger partial charge in [0, 0.05) is 10.6 Å². The number of anilines is 1. The normalized spacial score (nSPS) is 9.86. The van der Waals surface area contributed by atoms with Gasteiger partial charge in [0.1, 0.15) is 0 Å². The average Bonchev–Trinajstić information content (AvgIpc) is 2.87. The van der Waals surface area contributed by atoms with Gasteiger partial charge in [-0.25, -0.2) is 0 Å². The Morgan fingerprint density at radius 3 is 2.71 bits per heavy atom. The molecule has 5 heteroatoms. The second-order valence-electron chi connectivity index (χ2n) is 4.31. The third-order valence-corrected chi connectivity index (χ3v) is 4.69. The molecule has 0 spiro atoms. The number of hydrogen-bond donors (Lipinski definition) is 2. The van der Waals surface area contributed by atoms with Gasteiger partial charge in [0.25, 0.3) is 5.91 Å². The number of nitrogens with two attached hydrogens (primary N) is 1. The van der Waals surface area contributed by atoms with Gasteiger partial charge in [-0.3, -0.25) is 4.79 Å². The first-order valence-electron chi connectivity index (χ1n) is 6.39. The van der Waals surface area contributed by atoms with Crippen LogP contribution in [0.3, 0.4) is 0 Å². The number of carbonyl (C=O) groups excluding carboxylic acids is 1. The van der Waals surface area contributed by atoms with E-state index in [0.717, 1.165) is 16.1 Å². The first-order valence-corrected chi connectivity index (χ1v) is 8.43. The highest BCUT2D eigenvalue weighted by Gasteiger charge is 2.11. The van der Waals surface area contributed by atoms with Crippen molar-refractivity contribution in [3.8, 4) is 11.8 Å². The zero-order valence-corrected chi connectivity index (χ0v) is 13.5. The molecule has 1 amide bonds. The predicted molar refractivity (Wildman–Crippen MR) is 91.2 cm³/mol. The van der Waals surface area contributed by atoms with Crippen molar-refractivity contribution in [3.05, 3.63) is 45.6 Å². The Hall–Kier alpha value is -1.74. The molecule has 108 valence electrons. The summed E-state index contributed by atoms with van der Waals surface area (Å²) in [6.45, 7) is 2.27. The van der Waals surface area contributed by atoms with Crippen LogP contribution in [0.1, 0.15) is 20.1 Å². The Labute approximate surface area is 132 Å². The van der Waals surface area contributed by atoms with Crippen molar-refractivity contribution in [2.24, 2.45) is 5.73 Å². The van der Waals surface area contributed by atoms with Crippen LogP contribution in [0.25, 0.3) is 0 Å². The molecule has 2 rings (SSSR count). The molecule has 21 heavy (non-hydrogen) atoms. The third kappa shape index (κ3) is 4.11. The molecule has 1 heterocycles. The van der Waals surface area contributed by atoms with Crippen molar-refractivity contribution in [1.82, 2.24) is 0 Å². The van der Waals surface area contributed by atoms with Gasteiger partial charge in [-0.15, -0.1) is 23.1 Å². The minimum Gasteiger partial charge on any atom is -0.321 e. The van der Waals surface area contributed by atoms with Gasteiger partial charge in [0.15, 0.2) is 0 Å². The first-order chi connectivity index (χ1) is 10.1. The molecule has 0 radical (unpaired) electrons. The van der Waals surface area contributed by atoms with Gasteiger partial charge in [-0.2, -0.15) is 0 Å². The number of thiophene rings is 1. The second-order valence-corrected chi connectivity index (χ2v) is 6.24. The summed E-state index contributed by atoms with van der Waals surface area (Å²) in [7, 11) is 0. The fourth-order valence-corrected chi connectivity index (χ4v) is 3.07. The molecular formula is C16H16N2OS2. The van der Waals surface area contributed by atoms with E-state index in [-0.39, 0.29) is 5.91 Å². The molecule has 0 saturated heterocycles. The van der Waals surface area contributed by atoms with Gasteiger partial charge in [-0.1, -0.05) is 11.8 Å². The van der Waals surface area contributed by atoms with E-state index in [1.807, 2.05) is 43.5 Å². The highest BCUT2D eigenvalue weighted by molar-refractivity contribution is 7.98. The molecule has 0 aliphatic heterocycles. The van der Waals surface area contributed by atoms with E-state index in [1.54, 1.807) is 11.8 Å². The second kappa shape index (κ2) is 7.32. The van der Waals surface area contributed by atoms with Crippen molar-refractivity contribution in [3.63, 3.8) is 0 Å². The van der Waals surface area contributed by atoms with Crippen molar-refractivity contribution in [2.45, 2.75) is 11.8 Å². The maximum absolute atomic E-state index is 12.2. The first kappa shape index (κ1) is 15.6. The van der Waals surface area contributed by atoms with E-state index in [1.165, 1.54) is 16.2 Å². The number of carbonyl (C=O) groups is 1. The Bertz CT molecular complexity index is 693. The van der Waals surface area contributed by atoms with Crippen LogP contribution < -0.4 is 11.1 Å². The lowest BCUT2D eigenvalue weighted by molar-refractivity contribution is 0.103. The zero-order chi connectivity index (χ0) is 15.2. The molecule has 0 fully saturated rings. The quantitative estimate of drug-likeness (QED) is 0.674. The van der Waals surface area contributed by atoms with Crippen molar-refractivity contribution in [2.75, 3.05) is 18.1 Å². The molecule has 2 aromatic rings. The maximum atomic E-state index is 12.2. The van der Waals surface area contributed by atoms with Gasteiger partial charge in [0.05, 0.1) is 16.3 Å². The Balaban J connectivity index is 2.12. The molecule has 0 aliphatic rings. The van der Waals surface area contributed by atoms with E-state index in [4.69, 9.17) is 5.73 Å². The summed E-state index contributed by atoms with van der Waals surface area (Å²) >= 11 is 3.06. The highest BCUT2D eigenvalue weighted by Crippen LogP contribution is 2.23. The van der Waals surface area contributed by atoms with Gasteiger partial charge in [-0.05, 0) is 49.1 Å². The lowest BCUT2D eigenvalue weighted by Gasteiger charge is -2.04. The summed E-state index contributed by atoms with van der Waals surface area (Å²) in [4.78, 5) is 14.9. The minimum absolute atomic E-state index is 0.110. The van der Waals surface area contributed by atoms with Gasteiger partial charge >= 0.3 is 0 Å². The maximum Gasteiger partial charge on any atom is 0.265 e. The number of benzene rings is 1. The summed E-state index contributed by atoms with van der Waals surface area (Å²) in [5.41, 5.74) is 7.16.